The second kappa shape index (κ2) is 12.8. The quantitative estimate of drug-likeness (QED) is 0.186. The van der Waals surface area contributed by atoms with Crippen molar-refractivity contribution in [2.45, 2.75) is 78.9 Å². The van der Waals surface area contributed by atoms with E-state index in [0.29, 0.717) is 24.1 Å². The molecular weight excluding hydrogens is 537 g/mol. The van der Waals surface area contributed by atoms with Gasteiger partial charge in [0.1, 0.15) is 17.8 Å². The molecule has 2 unspecified atom stereocenters. The molecule has 0 aliphatic carbocycles. The van der Waals surface area contributed by atoms with Gasteiger partial charge in [-0.3, -0.25) is 0 Å². The summed E-state index contributed by atoms with van der Waals surface area (Å²) in [5.41, 5.74) is 1.27. The number of aliphatic hydroxyl groups is 1. The molecule has 2 aromatic heterocycles. The van der Waals surface area contributed by atoms with E-state index in [4.69, 9.17) is 14.9 Å². The van der Waals surface area contributed by atoms with Gasteiger partial charge in [-0.2, -0.15) is 13.2 Å². The Morgan fingerprint density at radius 2 is 1.90 bits per heavy atom. The van der Waals surface area contributed by atoms with Crippen molar-refractivity contribution < 1.29 is 36.2 Å². The number of aromatic nitrogens is 2. The summed E-state index contributed by atoms with van der Waals surface area (Å²) in [6.07, 6.45) is -2.71. The predicted molar refractivity (Wildman–Crippen MR) is 141 cm³/mol. The Balaban J connectivity index is 0.00000216. The van der Waals surface area contributed by atoms with Gasteiger partial charge in [0.15, 0.2) is 11.7 Å². The number of alkyl halides is 3. The van der Waals surface area contributed by atoms with Crippen LogP contribution in [0.4, 0.5) is 33.3 Å². The van der Waals surface area contributed by atoms with Crippen LogP contribution in [-0.4, -0.2) is 33.8 Å². The van der Waals surface area contributed by atoms with Crippen LogP contribution in [0.5, 0.6) is 5.88 Å². The summed E-state index contributed by atoms with van der Waals surface area (Å²) in [5, 5.41) is 16.1. The van der Waals surface area contributed by atoms with Crippen LogP contribution >= 0.6 is 0 Å². The van der Waals surface area contributed by atoms with Crippen LogP contribution in [0.25, 0.3) is 11.3 Å². The van der Waals surface area contributed by atoms with E-state index in [9.17, 15) is 22.7 Å². The Bertz CT molecular complexity index is 1330. The summed E-state index contributed by atoms with van der Waals surface area (Å²) in [4.78, 5) is 8.20. The average Bonchev–Trinajstić information content (AvgIpc) is 3.29. The molecule has 0 radical (unpaired) electrons. The molecule has 40 heavy (non-hydrogen) atoms. The third kappa shape index (κ3) is 6.64. The summed E-state index contributed by atoms with van der Waals surface area (Å²) >= 11 is 0. The molecule has 0 spiro atoms. The van der Waals surface area contributed by atoms with Crippen molar-refractivity contribution in [1.29, 1.82) is 0 Å². The lowest BCUT2D eigenvalue weighted by Crippen LogP contribution is -2.45. The van der Waals surface area contributed by atoms with Crippen LogP contribution < -0.4 is 21.1 Å². The Labute approximate surface area is 229 Å². The van der Waals surface area contributed by atoms with Crippen LogP contribution in [0.15, 0.2) is 16.7 Å². The minimum Gasteiger partial charge on any atom is -0.474 e. The molecule has 1 aromatic carbocycles. The average molecular weight is 572 g/mol. The van der Waals surface area contributed by atoms with Gasteiger partial charge >= 0.3 is 6.18 Å². The smallest absolute Gasteiger partial charge is 0.417 e. The number of nitrogens with one attached hydrogen (secondary N) is 2. The zero-order valence-corrected chi connectivity index (χ0v) is 23.0. The van der Waals surface area contributed by atoms with E-state index in [2.05, 4.69) is 20.6 Å². The molecule has 5 N–H and O–H groups in total. The summed E-state index contributed by atoms with van der Waals surface area (Å²) in [6, 6.07) is 0.887. The highest BCUT2D eigenvalue weighted by atomic mass is 19.4. The molecule has 8 nitrogen and oxygen atoms in total. The first-order valence-electron chi connectivity index (χ1n) is 12.9. The molecule has 0 amide bonds. The highest BCUT2D eigenvalue weighted by molar-refractivity contribution is 5.76. The number of halogens is 5. The van der Waals surface area contributed by atoms with Crippen molar-refractivity contribution in [2.24, 2.45) is 0 Å². The van der Waals surface area contributed by atoms with Crippen LogP contribution in [-0.2, 0) is 19.3 Å². The van der Waals surface area contributed by atoms with Crippen LogP contribution in [0.3, 0.4) is 0 Å². The van der Waals surface area contributed by atoms with Gasteiger partial charge in [-0.05, 0) is 44.9 Å². The fourth-order valence-corrected chi connectivity index (χ4v) is 4.41. The number of nitrogens with two attached hydrogens (primary N) is 1. The molecular formula is C27H34F5N5O3. The number of hydrogen-bond donors (Lipinski definition) is 4. The summed E-state index contributed by atoms with van der Waals surface area (Å²) in [5.74, 6) is -2.37. The number of rotatable bonds is 9. The molecule has 0 saturated carbocycles. The number of benzene rings is 1. The van der Waals surface area contributed by atoms with Crippen LogP contribution in [0, 0.1) is 25.5 Å². The molecule has 1 saturated heterocycles. The number of aryl methyl sites for hydroxylation is 1. The second-order valence-corrected chi connectivity index (χ2v) is 9.23. The van der Waals surface area contributed by atoms with Gasteiger partial charge in [0.2, 0.25) is 5.88 Å². The van der Waals surface area contributed by atoms with Crippen molar-refractivity contribution in [2.75, 3.05) is 17.6 Å². The number of aliphatic hydroxyl groups excluding tert-OH is 1. The molecule has 3 aromatic rings. The molecule has 1 aliphatic heterocycles. The standard InChI is InChI=1S/C25H28F5N5O3.C2H6/c1-11(6-14-4-5-32-14)38-24-17(9-36)22(33-8-15-10-37-13(3)34-15)21(27)23(35-24)16-7-18(31)20(26)12(2)19(16)25(28,29)30;1-2/h7,10-11,14,32,36H,4-6,8-9,31H2,1-3H3,(H,33,35);1-2H3. The third-order valence-electron chi connectivity index (χ3n) is 6.39. The van der Waals surface area contributed by atoms with Crippen molar-refractivity contribution in [3.63, 3.8) is 0 Å². The lowest BCUT2D eigenvalue weighted by atomic mass is 9.95. The van der Waals surface area contributed by atoms with E-state index in [-0.39, 0.29) is 29.7 Å². The molecule has 0 bridgehead atoms. The number of pyridine rings is 1. The normalized spacial score (nSPS) is 15.6. The summed E-state index contributed by atoms with van der Waals surface area (Å²) in [7, 11) is 0. The highest BCUT2D eigenvalue weighted by Crippen LogP contribution is 2.44. The molecule has 1 aliphatic rings. The zero-order valence-electron chi connectivity index (χ0n) is 23.0. The number of nitrogens with zero attached hydrogens (tertiary/aromatic N) is 2. The number of anilines is 2. The molecule has 4 rings (SSSR count). The maximum atomic E-state index is 16.0. The van der Waals surface area contributed by atoms with E-state index < -0.39 is 58.6 Å². The second-order valence-electron chi connectivity index (χ2n) is 9.23. The van der Waals surface area contributed by atoms with Gasteiger partial charge in [-0.1, -0.05) is 13.8 Å². The van der Waals surface area contributed by atoms with E-state index in [1.807, 2.05) is 13.8 Å². The number of nitrogen functional groups attached to an aromatic ring is 1. The third-order valence-corrected chi connectivity index (χ3v) is 6.39. The van der Waals surface area contributed by atoms with Gasteiger partial charge in [0.25, 0.3) is 0 Å². The first kappa shape index (κ1) is 31.1. The van der Waals surface area contributed by atoms with E-state index in [1.165, 1.54) is 6.26 Å². The Hall–Kier alpha value is -3.45. The minimum absolute atomic E-state index is 0.0809. The maximum Gasteiger partial charge on any atom is 0.417 e. The Kier molecular flexibility index (Phi) is 9.96. The largest absolute Gasteiger partial charge is 0.474 e. The van der Waals surface area contributed by atoms with Crippen molar-refractivity contribution in [1.82, 2.24) is 15.3 Å². The Morgan fingerprint density at radius 3 is 2.42 bits per heavy atom. The molecule has 2 atom stereocenters. The summed E-state index contributed by atoms with van der Waals surface area (Å²) in [6.45, 7) is 8.30. The van der Waals surface area contributed by atoms with E-state index >= 15 is 4.39 Å². The molecule has 220 valence electrons. The lowest BCUT2D eigenvalue weighted by molar-refractivity contribution is -0.137. The van der Waals surface area contributed by atoms with Crippen molar-refractivity contribution in [3.8, 4) is 17.1 Å². The monoisotopic (exact) mass is 571 g/mol. The number of hydrogen-bond acceptors (Lipinski definition) is 8. The predicted octanol–water partition coefficient (Wildman–Crippen LogP) is 5.88. The van der Waals surface area contributed by atoms with E-state index in [1.54, 1.807) is 13.8 Å². The Morgan fingerprint density at radius 1 is 1.23 bits per heavy atom. The maximum absolute atomic E-state index is 16.0. The van der Waals surface area contributed by atoms with Gasteiger partial charge in [0.05, 0.1) is 47.5 Å². The minimum atomic E-state index is -5.05. The van der Waals surface area contributed by atoms with Crippen LogP contribution in [0.1, 0.15) is 61.9 Å². The van der Waals surface area contributed by atoms with Gasteiger partial charge < -0.3 is 30.6 Å². The van der Waals surface area contributed by atoms with Gasteiger partial charge in [0, 0.05) is 18.5 Å². The fourth-order valence-electron chi connectivity index (χ4n) is 4.41. The molecule has 3 heterocycles. The topological polar surface area (TPSA) is 118 Å². The lowest BCUT2D eigenvalue weighted by Gasteiger charge is -2.30. The number of oxazole rings is 1. The fraction of sp³-hybridized carbons (Fsp3) is 0.481. The van der Waals surface area contributed by atoms with Gasteiger partial charge in [-0.15, -0.1) is 0 Å². The van der Waals surface area contributed by atoms with E-state index in [0.717, 1.165) is 19.9 Å². The summed E-state index contributed by atoms with van der Waals surface area (Å²) < 4.78 is 83.7. The SMILES string of the molecule is CC.Cc1nc(CNc2c(F)c(-c3cc(N)c(F)c(C)c3C(F)(F)F)nc(OC(C)CC3CCN3)c2CO)co1. The van der Waals surface area contributed by atoms with Gasteiger partial charge in [-0.25, -0.2) is 18.7 Å². The highest BCUT2D eigenvalue weighted by Gasteiger charge is 2.39. The van der Waals surface area contributed by atoms with Crippen molar-refractivity contribution in [3.05, 3.63) is 52.2 Å². The number of ether oxygens (including phenoxy) is 1. The molecule has 13 heteroatoms. The first-order valence-corrected chi connectivity index (χ1v) is 12.9. The first-order chi connectivity index (χ1) is 18.9. The van der Waals surface area contributed by atoms with Crippen molar-refractivity contribution >= 4 is 11.4 Å². The van der Waals surface area contributed by atoms with Crippen LogP contribution in [0.2, 0.25) is 0 Å². The zero-order chi connectivity index (χ0) is 29.8. The molecule has 1 fully saturated rings.